The van der Waals surface area contributed by atoms with Gasteiger partial charge in [-0.1, -0.05) is 11.8 Å². The molecule has 9 nitrogen and oxygen atoms in total. The number of aromatic nitrogens is 4. The highest BCUT2D eigenvalue weighted by atomic mass is 32.2. The van der Waals surface area contributed by atoms with Gasteiger partial charge >= 0.3 is 11.7 Å². The molecule has 152 valence electrons. The molecular weight excluding hydrogens is 396 g/mol. The highest BCUT2D eigenvalue weighted by Crippen LogP contribution is 2.27. The van der Waals surface area contributed by atoms with E-state index in [1.54, 1.807) is 24.3 Å². The Labute approximate surface area is 170 Å². The van der Waals surface area contributed by atoms with Gasteiger partial charge in [0.05, 0.1) is 19.5 Å². The first kappa shape index (κ1) is 20.6. The van der Waals surface area contributed by atoms with E-state index in [4.69, 9.17) is 4.74 Å². The highest BCUT2D eigenvalue weighted by molar-refractivity contribution is 8.00. The predicted octanol–water partition coefficient (Wildman–Crippen LogP) is 1.36. The third kappa shape index (κ3) is 4.02. The predicted molar refractivity (Wildman–Crippen MR) is 109 cm³/mol. The first-order valence-corrected chi connectivity index (χ1v) is 9.76. The Bertz CT molecular complexity index is 1180. The molecular formula is C19H20N4O5S. The minimum absolute atomic E-state index is 0.0304. The summed E-state index contributed by atoms with van der Waals surface area (Å²) in [6, 6.07) is 7.16. The highest BCUT2D eigenvalue weighted by Gasteiger charge is 2.19. The van der Waals surface area contributed by atoms with Gasteiger partial charge in [0, 0.05) is 19.7 Å². The average Bonchev–Trinajstić information content (AvgIpc) is 2.74. The van der Waals surface area contributed by atoms with Crippen molar-refractivity contribution in [3.05, 3.63) is 45.1 Å². The molecule has 3 rings (SSSR count). The third-order valence-corrected chi connectivity index (χ3v) is 5.19. The maximum atomic E-state index is 12.7. The number of benzene rings is 1. The van der Waals surface area contributed by atoms with Crippen LogP contribution in [0.5, 0.6) is 5.75 Å². The van der Waals surface area contributed by atoms with Crippen LogP contribution in [0.2, 0.25) is 0 Å². The smallest absolute Gasteiger partial charge is 0.332 e. The first-order chi connectivity index (χ1) is 13.9. The molecule has 3 aromatic rings. The van der Waals surface area contributed by atoms with Crippen molar-refractivity contribution in [3.8, 4) is 17.1 Å². The van der Waals surface area contributed by atoms with E-state index in [0.29, 0.717) is 28.8 Å². The molecule has 0 unspecified atom stereocenters. The second-order valence-electron chi connectivity index (χ2n) is 6.08. The lowest BCUT2D eigenvalue weighted by Gasteiger charge is -2.12. The Morgan fingerprint density at radius 2 is 1.79 bits per heavy atom. The van der Waals surface area contributed by atoms with Crippen molar-refractivity contribution in [1.29, 1.82) is 0 Å². The van der Waals surface area contributed by atoms with E-state index in [0.717, 1.165) is 16.3 Å². The van der Waals surface area contributed by atoms with Crippen LogP contribution in [0.1, 0.15) is 6.92 Å². The Morgan fingerprint density at radius 1 is 1.10 bits per heavy atom. The summed E-state index contributed by atoms with van der Waals surface area (Å²) in [6.45, 7) is 2.44. The van der Waals surface area contributed by atoms with Crippen molar-refractivity contribution in [2.24, 2.45) is 14.1 Å². The number of carbonyl (C=O) groups excluding carboxylic acids is 1. The molecule has 10 heteroatoms. The molecule has 0 aliphatic carbocycles. The molecule has 0 spiro atoms. The van der Waals surface area contributed by atoms with Crippen LogP contribution >= 0.6 is 11.8 Å². The fourth-order valence-corrected chi connectivity index (χ4v) is 3.56. The van der Waals surface area contributed by atoms with Gasteiger partial charge in [0.15, 0.2) is 11.5 Å². The van der Waals surface area contributed by atoms with Crippen molar-refractivity contribution < 1.29 is 14.3 Å². The van der Waals surface area contributed by atoms with E-state index in [2.05, 4.69) is 14.7 Å². The van der Waals surface area contributed by atoms with Gasteiger partial charge in [-0.25, -0.2) is 14.8 Å². The molecule has 2 aromatic heterocycles. The van der Waals surface area contributed by atoms with E-state index < -0.39 is 17.2 Å². The summed E-state index contributed by atoms with van der Waals surface area (Å²) in [4.78, 5) is 45.7. The number of methoxy groups -OCH3 is 1. The normalized spacial score (nSPS) is 10.9. The largest absolute Gasteiger partial charge is 0.494 e. The van der Waals surface area contributed by atoms with Crippen LogP contribution in [0.4, 0.5) is 0 Å². The van der Waals surface area contributed by atoms with Crippen molar-refractivity contribution >= 4 is 28.8 Å². The Morgan fingerprint density at radius 3 is 2.41 bits per heavy atom. The minimum Gasteiger partial charge on any atom is -0.494 e. The summed E-state index contributed by atoms with van der Waals surface area (Å²) in [5.41, 5.74) is -0.135. The summed E-state index contributed by atoms with van der Waals surface area (Å²) in [7, 11) is 4.21. The lowest BCUT2D eigenvalue weighted by Crippen LogP contribution is -2.37. The Kier molecular flexibility index (Phi) is 6.02. The van der Waals surface area contributed by atoms with Crippen LogP contribution in [0.3, 0.4) is 0 Å². The number of ether oxygens (including phenoxy) is 2. The summed E-state index contributed by atoms with van der Waals surface area (Å²) in [6.07, 6.45) is 0. The van der Waals surface area contributed by atoms with Gasteiger partial charge in [-0.05, 0) is 31.2 Å². The number of rotatable bonds is 6. The van der Waals surface area contributed by atoms with Crippen LogP contribution in [0.25, 0.3) is 22.4 Å². The van der Waals surface area contributed by atoms with Gasteiger partial charge in [-0.2, -0.15) is 0 Å². The van der Waals surface area contributed by atoms with Crippen LogP contribution < -0.4 is 16.0 Å². The fourth-order valence-electron chi connectivity index (χ4n) is 2.72. The molecule has 0 aliphatic heterocycles. The van der Waals surface area contributed by atoms with Crippen molar-refractivity contribution in [2.75, 3.05) is 19.5 Å². The van der Waals surface area contributed by atoms with Gasteiger partial charge < -0.3 is 9.47 Å². The maximum Gasteiger partial charge on any atom is 0.332 e. The van der Waals surface area contributed by atoms with E-state index in [1.165, 1.54) is 25.8 Å². The first-order valence-electron chi connectivity index (χ1n) is 8.78. The lowest BCUT2D eigenvalue weighted by molar-refractivity contribution is -0.137. The Hall–Kier alpha value is -3.14. The zero-order valence-electron chi connectivity index (χ0n) is 16.5. The molecule has 1 aromatic carbocycles. The number of aryl methyl sites for hydroxylation is 1. The van der Waals surface area contributed by atoms with Gasteiger partial charge in [0.25, 0.3) is 5.56 Å². The number of hydrogen-bond donors (Lipinski definition) is 0. The third-order valence-electron chi connectivity index (χ3n) is 4.24. The summed E-state index contributed by atoms with van der Waals surface area (Å²) in [5, 5.41) is 0.485. The second kappa shape index (κ2) is 8.48. The van der Waals surface area contributed by atoms with E-state index in [9.17, 15) is 14.4 Å². The number of hydrogen-bond acceptors (Lipinski definition) is 8. The van der Waals surface area contributed by atoms with Gasteiger partial charge in [-0.15, -0.1) is 0 Å². The minimum atomic E-state index is -0.520. The van der Waals surface area contributed by atoms with Crippen LogP contribution in [0.15, 0.2) is 38.9 Å². The van der Waals surface area contributed by atoms with Gasteiger partial charge in [0.2, 0.25) is 0 Å². The van der Waals surface area contributed by atoms with Crippen molar-refractivity contribution in [3.63, 3.8) is 0 Å². The number of esters is 1. The molecule has 0 atom stereocenters. The molecule has 0 saturated carbocycles. The summed E-state index contributed by atoms with van der Waals surface area (Å²) < 4.78 is 12.4. The van der Waals surface area contributed by atoms with Gasteiger partial charge in [0.1, 0.15) is 16.2 Å². The lowest BCUT2D eigenvalue weighted by atomic mass is 10.2. The Balaban J connectivity index is 2.23. The maximum absolute atomic E-state index is 12.7. The number of carbonyl (C=O) groups is 1. The SMILES string of the molecule is CCOc1ccc(-c2nc(SCC(=O)OC)c3c(=O)n(C)c(=O)n(C)c3n2)cc1. The van der Waals surface area contributed by atoms with Crippen LogP contribution in [0, 0.1) is 0 Å². The monoisotopic (exact) mass is 416 g/mol. The van der Waals surface area contributed by atoms with Crippen molar-refractivity contribution in [2.45, 2.75) is 11.9 Å². The molecule has 0 saturated heterocycles. The molecule has 0 N–H and O–H groups in total. The standard InChI is InChI=1S/C19H20N4O5S/c1-5-28-12-8-6-11(7-9-12)15-20-16-14(17(21-15)29-10-13(24)27-4)18(25)23(3)19(26)22(16)2/h6-9H,5,10H2,1-4H3. The summed E-state index contributed by atoms with van der Waals surface area (Å²) in [5.74, 6) is 0.554. The molecule has 0 radical (unpaired) electrons. The van der Waals surface area contributed by atoms with Crippen molar-refractivity contribution in [1.82, 2.24) is 19.1 Å². The number of nitrogens with zero attached hydrogens (tertiary/aromatic N) is 4. The van der Waals surface area contributed by atoms with Crippen LogP contribution in [-0.2, 0) is 23.6 Å². The molecule has 0 aliphatic rings. The summed E-state index contributed by atoms with van der Waals surface area (Å²) >= 11 is 1.06. The topological polar surface area (TPSA) is 105 Å². The molecule has 0 fully saturated rings. The van der Waals surface area contributed by atoms with Gasteiger partial charge in [-0.3, -0.25) is 18.7 Å². The molecule has 0 bridgehead atoms. The van der Waals surface area contributed by atoms with Crippen LogP contribution in [-0.4, -0.2) is 44.5 Å². The quantitative estimate of drug-likeness (QED) is 0.337. The molecule has 29 heavy (non-hydrogen) atoms. The average molecular weight is 416 g/mol. The second-order valence-corrected chi connectivity index (χ2v) is 7.04. The zero-order chi connectivity index (χ0) is 21.1. The number of thioether (sulfide) groups is 1. The molecule has 0 amide bonds. The molecule has 2 heterocycles. The number of fused-ring (bicyclic) bond motifs is 1. The van der Waals surface area contributed by atoms with E-state index in [-0.39, 0.29) is 16.8 Å². The van der Waals surface area contributed by atoms with E-state index >= 15 is 0 Å². The fraction of sp³-hybridized carbons (Fsp3) is 0.316. The van der Waals surface area contributed by atoms with E-state index in [1.807, 2.05) is 6.92 Å². The zero-order valence-corrected chi connectivity index (χ0v) is 17.3.